The van der Waals surface area contributed by atoms with Gasteiger partial charge in [0, 0.05) is 6.07 Å². The zero-order valence-electron chi connectivity index (χ0n) is 14.8. The molecule has 6 N–H and O–H groups in total. The first-order valence-electron chi connectivity index (χ1n) is 8.65. The van der Waals surface area contributed by atoms with Crippen LogP contribution in [0.4, 0.5) is 0 Å². The van der Waals surface area contributed by atoms with Crippen molar-refractivity contribution in [3.63, 3.8) is 0 Å². The molecule has 1 fully saturated rings. The maximum atomic E-state index is 10.1. The van der Waals surface area contributed by atoms with Crippen molar-refractivity contribution in [1.29, 1.82) is 0 Å². The van der Waals surface area contributed by atoms with Gasteiger partial charge in [-0.25, -0.2) is 0 Å². The smallest absolute Gasteiger partial charge is 0.229 e. The average molecular weight is 390 g/mol. The molecule has 28 heavy (non-hydrogen) atoms. The molecule has 2 aromatic carbocycles. The van der Waals surface area contributed by atoms with Crippen LogP contribution in [0.5, 0.6) is 17.2 Å². The van der Waals surface area contributed by atoms with Crippen molar-refractivity contribution in [2.24, 2.45) is 0 Å². The number of aliphatic hydroxyl groups is 4. The van der Waals surface area contributed by atoms with Crippen molar-refractivity contribution >= 4 is 12.2 Å². The Morgan fingerprint density at radius 3 is 2.18 bits per heavy atom. The van der Waals surface area contributed by atoms with Crippen LogP contribution < -0.4 is 4.74 Å². The Bertz CT molecular complexity index is 817. The molecule has 1 saturated heterocycles. The minimum absolute atomic E-state index is 0.0903. The van der Waals surface area contributed by atoms with E-state index in [-0.39, 0.29) is 17.2 Å². The van der Waals surface area contributed by atoms with E-state index in [9.17, 15) is 30.6 Å². The topological polar surface area (TPSA) is 140 Å². The molecule has 0 saturated carbocycles. The van der Waals surface area contributed by atoms with E-state index in [2.05, 4.69) is 0 Å². The summed E-state index contributed by atoms with van der Waals surface area (Å²) in [5, 5.41) is 58.2. The summed E-state index contributed by atoms with van der Waals surface area (Å²) in [6.07, 6.45) is -3.52. The van der Waals surface area contributed by atoms with Crippen LogP contribution in [0.1, 0.15) is 11.1 Å². The molecule has 2 unspecified atom stereocenters. The van der Waals surface area contributed by atoms with E-state index in [0.29, 0.717) is 5.56 Å². The van der Waals surface area contributed by atoms with Crippen LogP contribution in [0.15, 0.2) is 42.5 Å². The number of aliphatic hydroxyl groups excluding tert-OH is 4. The number of benzene rings is 2. The zero-order chi connectivity index (χ0) is 20.3. The minimum Gasteiger partial charge on any atom is -0.508 e. The first-order chi connectivity index (χ1) is 13.4. The third-order valence-electron chi connectivity index (χ3n) is 4.38. The first-order valence-corrected chi connectivity index (χ1v) is 8.65. The summed E-state index contributed by atoms with van der Waals surface area (Å²) < 4.78 is 10.8. The molecule has 1 aliphatic rings. The zero-order valence-corrected chi connectivity index (χ0v) is 14.8. The van der Waals surface area contributed by atoms with Crippen LogP contribution >= 0.6 is 0 Å². The average Bonchev–Trinajstić information content (AvgIpc) is 2.67. The van der Waals surface area contributed by atoms with E-state index in [1.807, 2.05) is 0 Å². The summed E-state index contributed by atoms with van der Waals surface area (Å²) >= 11 is 0. The van der Waals surface area contributed by atoms with Gasteiger partial charge in [-0.1, -0.05) is 24.3 Å². The predicted molar refractivity (Wildman–Crippen MR) is 99.5 cm³/mol. The molecule has 0 amide bonds. The fourth-order valence-corrected chi connectivity index (χ4v) is 2.85. The molecule has 1 heterocycles. The van der Waals surface area contributed by atoms with Crippen LogP contribution in [0, 0.1) is 0 Å². The summed E-state index contributed by atoms with van der Waals surface area (Å²) in [4.78, 5) is 0. The lowest BCUT2D eigenvalue weighted by Gasteiger charge is -2.39. The second-order valence-corrected chi connectivity index (χ2v) is 6.50. The monoisotopic (exact) mass is 390 g/mol. The first kappa shape index (κ1) is 20.1. The summed E-state index contributed by atoms with van der Waals surface area (Å²) in [5.74, 6) is 0.229. The van der Waals surface area contributed by atoms with Gasteiger partial charge in [0.05, 0.1) is 6.61 Å². The highest BCUT2D eigenvalue weighted by molar-refractivity contribution is 5.71. The van der Waals surface area contributed by atoms with Gasteiger partial charge >= 0.3 is 0 Å². The fourth-order valence-electron chi connectivity index (χ4n) is 2.85. The molecule has 5 atom stereocenters. The van der Waals surface area contributed by atoms with Gasteiger partial charge in [-0.05, 0) is 35.4 Å². The highest BCUT2D eigenvalue weighted by Crippen LogP contribution is 2.28. The second kappa shape index (κ2) is 8.59. The molecule has 8 nitrogen and oxygen atoms in total. The number of phenols is 2. The van der Waals surface area contributed by atoms with E-state index in [1.54, 1.807) is 42.5 Å². The van der Waals surface area contributed by atoms with Crippen molar-refractivity contribution in [3.8, 4) is 17.2 Å². The fraction of sp³-hybridized carbons (Fsp3) is 0.300. The van der Waals surface area contributed by atoms with Gasteiger partial charge in [-0.15, -0.1) is 0 Å². The molecule has 0 radical (unpaired) electrons. The van der Waals surface area contributed by atoms with E-state index in [0.717, 1.165) is 5.56 Å². The van der Waals surface area contributed by atoms with Crippen molar-refractivity contribution in [1.82, 2.24) is 0 Å². The molecule has 2 aromatic rings. The maximum absolute atomic E-state index is 10.1. The Morgan fingerprint density at radius 2 is 1.50 bits per heavy atom. The largest absolute Gasteiger partial charge is 0.508 e. The van der Waals surface area contributed by atoms with E-state index >= 15 is 0 Å². The molecule has 0 aliphatic carbocycles. The van der Waals surface area contributed by atoms with Gasteiger partial charge in [-0.2, -0.15) is 0 Å². The molecular formula is C20H22O8. The molecule has 3 rings (SSSR count). The highest BCUT2D eigenvalue weighted by atomic mass is 16.7. The molecule has 0 bridgehead atoms. The SMILES string of the molecule is OCC1O[C@H](Oc2cc(O)cc(/C=C/c3ccc(O)cc3)c2)[C@@H](O)C(O)[C@@H]1O. The third kappa shape index (κ3) is 4.61. The molecule has 8 heteroatoms. The molecule has 1 aliphatic heterocycles. The Kier molecular flexibility index (Phi) is 6.18. The number of aromatic hydroxyl groups is 2. The van der Waals surface area contributed by atoms with Crippen LogP contribution in [0.3, 0.4) is 0 Å². The van der Waals surface area contributed by atoms with E-state index in [1.165, 1.54) is 12.1 Å². The standard InChI is InChI=1S/C20H22O8/c21-10-16-17(24)18(25)19(26)20(28-16)27-15-8-12(7-14(23)9-15)2-1-11-3-5-13(22)6-4-11/h1-9,16-26H,10H2/b2-1+/t16?,17-,18?,19+,20+/m1/s1. The Balaban J connectivity index is 1.76. The van der Waals surface area contributed by atoms with Crippen molar-refractivity contribution in [2.45, 2.75) is 30.7 Å². The highest BCUT2D eigenvalue weighted by Gasteiger charge is 2.44. The maximum Gasteiger partial charge on any atom is 0.229 e. The number of hydrogen-bond donors (Lipinski definition) is 6. The van der Waals surface area contributed by atoms with E-state index < -0.39 is 37.3 Å². The Morgan fingerprint density at radius 1 is 0.821 bits per heavy atom. The number of rotatable bonds is 5. The number of hydrogen-bond acceptors (Lipinski definition) is 8. The lowest BCUT2D eigenvalue weighted by molar-refractivity contribution is -0.277. The summed E-state index contributed by atoms with van der Waals surface area (Å²) in [7, 11) is 0. The quantitative estimate of drug-likeness (QED) is 0.405. The third-order valence-corrected chi connectivity index (χ3v) is 4.38. The van der Waals surface area contributed by atoms with Gasteiger partial charge in [0.1, 0.15) is 41.7 Å². The van der Waals surface area contributed by atoms with Gasteiger partial charge in [-0.3, -0.25) is 0 Å². The summed E-state index contributed by atoms with van der Waals surface area (Å²) in [6, 6.07) is 10.9. The molecule has 0 spiro atoms. The van der Waals surface area contributed by atoms with Crippen molar-refractivity contribution < 1.29 is 40.1 Å². The molecule has 150 valence electrons. The van der Waals surface area contributed by atoms with Crippen LogP contribution in [0.2, 0.25) is 0 Å². The van der Waals surface area contributed by atoms with Crippen LogP contribution in [-0.2, 0) is 4.74 Å². The normalized spacial score (nSPS) is 27.8. The molecular weight excluding hydrogens is 368 g/mol. The number of ether oxygens (including phenoxy) is 2. The van der Waals surface area contributed by atoms with Crippen molar-refractivity contribution in [3.05, 3.63) is 53.6 Å². The summed E-state index contributed by atoms with van der Waals surface area (Å²) in [6.45, 7) is -0.564. The summed E-state index contributed by atoms with van der Waals surface area (Å²) in [5.41, 5.74) is 1.42. The Labute approximate surface area is 161 Å². The van der Waals surface area contributed by atoms with Crippen LogP contribution in [0.25, 0.3) is 12.2 Å². The van der Waals surface area contributed by atoms with E-state index in [4.69, 9.17) is 9.47 Å². The van der Waals surface area contributed by atoms with Crippen molar-refractivity contribution in [2.75, 3.05) is 6.61 Å². The Hall–Kier alpha value is -2.62. The second-order valence-electron chi connectivity index (χ2n) is 6.50. The minimum atomic E-state index is -1.55. The lowest BCUT2D eigenvalue weighted by atomic mass is 9.99. The van der Waals surface area contributed by atoms with Gasteiger partial charge < -0.3 is 40.1 Å². The molecule has 0 aromatic heterocycles. The van der Waals surface area contributed by atoms with Gasteiger partial charge in [0.2, 0.25) is 6.29 Å². The number of phenolic OH excluding ortho intramolecular Hbond substituents is 2. The van der Waals surface area contributed by atoms with Gasteiger partial charge in [0.25, 0.3) is 0 Å². The van der Waals surface area contributed by atoms with Gasteiger partial charge in [0.15, 0.2) is 0 Å². The predicted octanol–water partition coefficient (Wildman–Crippen LogP) is 0.447. The van der Waals surface area contributed by atoms with Crippen LogP contribution in [-0.4, -0.2) is 68.0 Å². The lowest BCUT2D eigenvalue weighted by Crippen LogP contribution is -2.60.